The number of hydrogen-bond donors (Lipinski definition) is 1. The number of halogens is 2. The Morgan fingerprint density at radius 1 is 1.04 bits per heavy atom. The molecular formula is C20H18Cl2N2O3. The van der Waals surface area contributed by atoms with Crippen LogP contribution in [0.25, 0.3) is 5.57 Å². The first-order valence-electron chi connectivity index (χ1n) is 8.32. The third-order valence-corrected chi connectivity index (χ3v) is 5.08. The molecule has 0 unspecified atom stereocenters. The molecule has 3 rings (SSSR count). The number of likely N-dealkylation sites (N-methyl/N-ethyl adjacent to an activating group) is 1. The van der Waals surface area contributed by atoms with E-state index in [0.29, 0.717) is 21.3 Å². The van der Waals surface area contributed by atoms with Crippen molar-refractivity contribution < 1.29 is 14.7 Å². The van der Waals surface area contributed by atoms with Gasteiger partial charge in [-0.15, -0.1) is 0 Å². The Hall–Kier alpha value is -2.34. The second-order valence-corrected chi connectivity index (χ2v) is 7.10. The number of anilines is 1. The Labute approximate surface area is 167 Å². The monoisotopic (exact) mass is 404 g/mol. The number of rotatable bonds is 5. The average Bonchev–Trinajstić information content (AvgIpc) is 2.89. The fourth-order valence-corrected chi connectivity index (χ4v) is 3.27. The molecule has 1 aliphatic heterocycles. The lowest BCUT2D eigenvalue weighted by molar-refractivity contribution is -0.120. The van der Waals surface area contributed by atoms with Crippen LogP contribution in [0.15, 0.2) is 48.2 Å². The first kappa shape index (κ1) is 19.4. The fraction of sp³-hybridized carbons (Fsp3) is 0.200. The van der Waals surface area contributed by atoms with Gasteiger partial charge in [0, 0.05) is 23.6 Å². The van der Waals surface area contributed by atoms with E-state index < -0.39 is 11.8 Å². The summed E-state index contributed by atoms with van der Waals surface area (Å²) in [7, 11) is 1.66. The lowest BCUT2D eigenvalue weighted by Gasteiger charge is -2.20. The zero-order valence-corrected chi connectivity index (χ0v) is 16.4. The Balaban J connectivity index is 2.13. The van der Waals surface area contributed by atoms with E-state index in [-0.39, 0.29) is 24.4 Å². The van der Waals surface area contributed by atoms with Gasteiger partial charge in [0.05, 0.1) is 17.9 Å². The molecule has 1 N–H and O–H groups in total. The molecule has 0 atom stereocenters. The molecule has 0 aromatic heterocycles. The number of imide groups is 1. The van der Waals surface area contributed by atoms with Crippen molar-refractivity contribution in [1.29, 1.82) is 0 Å². The van der Waals surface area contributed by atoms with Crippen molar-refractivity contribution in [3.63, 3.8) is 0 Å². The minimum atomic E-state index is -0.458. The van der Waals surface area contributed by atoms with Gasteiger partial charge >= 0.3 is 0 Å². The van der Waals surface area contributed by atoms with Gasteiger partial charge in [-0.3, -0.25) is 9.59 Å². The highest BCUT2D eigenvalue weighted by atomic mass is 35.5. The SMILES string of the molecule is Cc1ccc(N2C(=O)C(c3ccc(Cl)cc3)=C(N(C)CCO)C2=O)cc1Cl. The van der Waals surface area contributed by atoms with Crippen LogP contribution in [-0.4, -0.2) is 42.0 Å². The Morgan fingerprint density at radius 3 is 2.30 bits per heavy atom. The highest BCUT2D eigenvalue weighted by Gasteiger charge is 2.41. The number of aliphatic hydroxyl groups excluding tert-OH is 1. The van der Waals surface area contributed by atoms with Gasteiger partial charge in [-0.1, -0.05) is 41.4 Å². The summed E-state index contributed by atoms with van der Waals surface area (Å²) in [6.45, 7) is 1.91. The van der Waals surface area contributed by atoms with Gasteiger partial charge < -0.3 is 10.0 Å². The third kappa shape index (κ3) is 3.58. The largest absolute Gasteiger partial charge is 0.395 e. The van der Waals surface area contributed by atoms with Crippen LogP contribution >= 0.6 is 23.2 Å². The summed E-state index contributed by atoms with van der Waals surface area (Å²) in [5.74, 6) is -0.900. The molecule has 27 heavy (non-hydrogen) atoms. The molecule has 0 spiro atoms. The Bertz CT molecular complexity index is 939. The zero-order valence-electron chi connectivity index (χ0n) is 14.9. The van der Waals surface area contributed by atoms with Crippen molar-refractivity contribution in [2.45, 2.75) is 6.92 Å². The van der Waals surface area contributed by atoms with Crippen LogP contribution in [0.4, 0.5) is 5.69 Å². The van der Waals surface area contributed by atoms with Crippen LogP contribution in [0, 0.1) is 6.92 Å². The molecular weight excluding hydrogens is 387 g/mol. The zero-order chi connectivity index (χ0) is 19.7. The van der Waals surface area contributed by atoms with Crippen LogP contribution in [0.2, 0.25) is 10.0 Å². The van der Waals surface area contributed by atoms with E-state index in [0.717, 1.165) is 10.5 Å². The molecule has 1 heterocycles. The quantitative estimate of drug-likeness (QED) is 0.774. The van der Waals surface area contributed by atoms with Gasteiger partial charge in [-0.25, -0.2) is 4.90 Å². The molecule has 0 aliphatic carbocycles. The predicted octanol–water partition coefficient (Wildman–Crippen LogP) is 3.51. The number of amides is 2. The lowest BCUT2D eigenvalue weighted by atomic mass is 10.0. The van der Waals surface area contributed by atoms with Crippen molar-refractivity contribution in [1.82, 2.24) is 4.90 Å². The number of carbonyl (C=O) groups is 2. The van der Waals surface area contributed by atoms with Crippen molar-refractivity contribution >= 4 is 46.3 Å². The molecule has 140 valence electrons. The molecule has 1 aliphatic rings. The molecule has 0 radical (unpaired) electrons. The maximum atomic E-state index is 13.2. The summed E-state index contributed by atoms with van der Waals surface area (Å²) in [4.78, 5) is 29.0. The second-order valence-electron chi connectivity index (χ2n) is 6.25. The number of hydrogen-bond acceptors (Lipinski definition) is 4. The minimum absolute atomic E-state index is 0.147. The third-order valence-electron chi connectivity index (χ3n) is 4.42. The summed E-state index contributed by atoms with van der Waals surface area (Å²) in [5, 5.41) is 10.3. The van der Waals surface area contributed by atoms with Gasteiger partial charge in [-0.05, 0) is 42.3 Å². The number of carbonyl (C=O) groups excluding carboxylic acids is 2. The molecule has 2 aromatic rings. The molecule has 2 aromatic carbocycles. The van der Waals surface area contributed by atoms with Crippen molar-refractivity contribution in [2.75, 3.05) is 25.1 Å². The van der Waals surface area contributed by atoms with Gasteiger partial charge in [0.25, 0.3) is 11.8 Å². The minimum Gasteiger partial charge on any atom is -0.395 e. The number of nitrogens with zero attached hydrogens (tertiary/aromatic N) is 2. The van der Waals surface area contributed by atoms with Crippen LogP contribution in [0.3, 0.4) is 0 Å². The van der Waals surface area contributed by atoms with E-state index >= 15 is 0 Å². The van der Waals surface area contributed by atoms with E-state index in [2.05, 4.69) is 0 Å². The van der Waals surface area contributed by atoms with E-state index in [9.17, 15) is 14.7 Å². The number of benzene rings is 2. The van der Waals surface area contributed by atoms with Gasteiger partial charge in [-0.2, -0.15) is 0 Å². The molecule has 7 heteroatoms. The molecule has 5 nitrogen and oxygen atoms in total. The summed E-state index contributed by atoms with van der Waals surface area (Å²) < 4.78 is 0. The highest BCUT2D eigenvalue weighted by molar-refractivity contribution is 6.45. The van der Waals surface area contributed by atoms with Crippen LogP contribution in [-0.2, 0) is 9.59 Å². The van der Waals surface area contributed by atoms with E-state index in [4.69, 9.17) is 23.2 Å². The standard InChI is InChI=1S/C20H18Cl2N2O3/c1-12-3-8-15(11-16(12)22)24-19(26)17(13-4-6-14(21)7-5-13)18(20(24)27)23(2)9-10-25/h3-8,11,25H,9-10H2,1-2H3. The molecule has 0 bridgehead atoms. The Kier molecular flexibility index (Phi) is 5.56. The van der Waals surface area contributed by atoms with Crippen molar-refractivity contribution in [3.8, 4) is 0 Å². The fourth-order valence-electron chi connectivity index (χ4n) is 2.97. The number of aryl methyl sites for hydroxylation is 1. The predicted molar refractivity (Wildman–Crippen MR) is 107 cm³/mol. The first-order chi connectivity index (χ1) is 12.8. The van der Waals surface area contributed by atoms with E-state index in [1.165, 1.54) is 0 Å². The van der Waals surface area contributed by atoms with Crippen molar-refractivity contribution in [2.24, 2.45) is 0 Å². The first-order valence-corrected chi connectivity index (χ1v) is 9.08. The molecule has 0 saturated heterocycles. The summed E-state index contributed by atoms with van der Waals surface area (Å²) in [5.41, 5.74) is 2.33. The van der Waals surface area contributed by atoms with E-state index in [1.54, 1.807) is 54.4 Å². The van der Waals surface area contributed by atoms with Crippen LogP contribution in [0.5, 0.6) is 0 Å². The topological polar surface area (TPSA) is 60.9 Å². The normalized spacial score (nSPS) is 14.3. The van der Waals surface area contributed by atoms with Gasteiger partial charge in [0.2, 0.25) is 0 Å². The Morgan fingerprint density at radius 2 is 1.70 bits per heavy atom. The highest BCUT2D eigenvalue weighted by Crippen LogP contribution is 2.35. The van der Waals surface area contributed by atoms with Gasteiger partial charge in [0.15, 0.2) is 0 Å². The van der Waals surface area contributed by atoms with Crippen molar-refractivity contribution in [3.05, 3.63) is 69.3 Å². The summed E-state index contributed by atoms with van der Waals surface area (Å²) >= 11 is 12.1. The van der Waals surface area contributed by atoms with Gasteiger partial charge in [0.1, 0.15) is 5.70 Å². The maximum Gasteiger partial charge on any atom is 0.282 e. The molecule has 0 fully saturated rings. The van der Waals surface area contributed by atoms with Crippen LogP contribution < -0.4 is 4.90 Å². The maximum absolute atomic E-state index is 13.2. The summed E-state index contributed by atoms with van der Waals surface area (Å²) in [6.07, 6.45) is 0. The molecule has 2 amide bonds. The second kappa shape index (κ2) is 7.72. The number of aliphatic hydroxyl groups is 1. The smallest absolute Gasteiger partial charge is 0.282 e. The van der Waals surface area contributed by atoms with E-state index in [1.807, 2.05) is 6.92 Å². The average molecular weight is 405 g/mol. The summed E-state index contributed by atoms with van der Waals surface area (Å²) in [6, 6.07) is 11.8. The molecule has 0 saturated carbocycles. The lowest BCUT2D eigenvalue weighted by Crippen LogP contribution is -2.34. The van der Waals surface area contributed by atoms with Crippen LogP contribution in [0.1, 0.15) is 11.1 Å².